The predicted octanol–water partition coefficient (Wildman–Crippen LogP) is 4.92. The van der Waals surface area contributed by atoms with E-state index < -0.39 is 0 Å². The van der Waals surface area contributed by atoms with Crippen LogP contribution in [0.3, 0.4) is 0 Å². The Hall–Kier alpha value is -0.970. The fourth-order valence-corrected chi connectivity index (χ4v) is 2.75. The van der Waals surface area contributed by atoms with E-state index in [1.54, 1.807) is 30.6 Å². The first kappa shape index (κ1) is 16.4. The Balaban J connectivity index is 2.26. The van der Waals surface area contributed by atoms with Gasteiger partial charge in [0.1, 0.15) is 5.82 Å². The van der Waals surface area contributed by atoms with Crippen molar-refractivity contribution < 1.29 is 4.39 Å². The van der Waals surface area contributed by atoms with Gasteiger partial charge >= 0.3 is 0 Å². The average Bonchev–Trinajstić information content (AvgIpc) is 2.47. The number of benzene rings is 1. The zero-order valence-corrected chi connectivity index (χ0v) is 14.1. The second-order valence-corrected chi connectivity index (χ2v) is 6.18. The van der Waals surface area contributed by atoms with Crippen LogP contribution < -0.4 is 5.32 Å². The molecule has 0 spiro atoms. The first-order valence-electron chi connectivity index (χ1n) is 6.88. The van der Waals surface area contributed by atoms with Gasteiger partial charge in [0.15, 0.2) is 0 Å². The molecule has 0 fully saturated rings. The molecule has 1 heterocycles. The number of nitrogens with zero attached hydrogens (tertiary/aromatic N) is 1. The van der Waals surface area contributed by atoms with Crippen molar-refractivity contribution in [1.82, 2.24) is 10.3 Å². The van der Waals surface area contributed by atoms with E-state index in [2.05, 4.69) is 33.2 Å². The summed E-state index contributed by atoms with van der Waals surface area (Å²) in [6.45, 7) is 2.96. The molecule has 0 aliphatic rings. The van der Waals surface area contributed by atoms with E-state index in [-0.39, 0.29) is 16.9 Å². The summed E-state index contributed by atoms with van der Waals surface area (Å²) in [5, 5.41) is 3.60. The van der Waals surface area contributed by atoms with Gasteiger partial charge in [0.05, 0.1) is 5.02 Å². The third-order valence-corrected chi connectivity index (χ3v) is 3.95. The maximum atomic E-state index is 14.1. The van der Waals surface area contributed by atoms with Gasteiger partial charge in [0.25, 0.3) is 0 Å². The maximum Gasteiger partial charge on any atom is 0.145 e. The quantitative estimate of drug-likeness (QED) is 0.779. The lowest BCUT2D eigenvalue weighted by molar-refractivity contribution is 0.512. The molecule has 2 rings (SSSR count). The molecule has 0 amide bonds. The largest absolute Gasteiger partial charge is 0.310 e. The smallest absolute Gasteiger partial charge is 0.145 e. The highest BCUT2D eigenvalue weighted by atomic mass is 79.9. The Morgan fingerprint density at radius 2 is 2.19 bits per heavy atom. The molecule has 0 aliphatic carbocycles. The molecule has 1 unspecified atom stereocenters. The summed E-state index contributed by atoms with van der Waals surface area (Å²) < 4.78 is 15.0. The highest BCUT2D eigenvalue weighted by molar-refractivity contribution is 9.10. The minimum atomic E-state index is -0.342. The second kappa shape index (κ2) is 7.87. The minimum Gasteiger partial charge on any atom is -0.310 e. The van der Waals surface area contributed by atoms with Gasteiger partial charge in [-0.15, -0.1) is 0 Å². The van der Waals surface area contributed by atoms with Gasteiger partial charge in [-0.05, 0) is 58.6 Å². The molecule has 5 heteroatoms. The van der Waals surface area contributed by atoms with Gasteiger partial charge in [0, 0.05) is 22.9 Å². The van der Waals surface area contributed by atoms with Crippen LogP contribution in [0.1, 0.15) is 30.5 Å². The summed E-state index contributed by atoms with van der Waals surface area (Å²) >= 11 is 9.28. The summed E-state index contributed by atoms with van der Waals surface area (Å²) in [6.07, 6.45) is 5.08. The van der Waals surface area contributed by atoms with Crippen LogP contribution >= 0.6 is 27.5 Å². The Labute approximate surface area is 137 Å². The average molecular weight is 372 g/mol. The van der Waals surface area contributed by atoms with Crippen molar-refractivity contribution in [3.63, 3.8) is 0 Å². The van der Waals surface area contributed by atoms with Crippen LogP contribution in [0, 0.1) is 5.82 Å². The number of hydrogen-bond donors (Lipinski definition) is 1. The number of hydrogen-bond acceptors (Lipinski definition) is 2. The third kappa shape index (κ3) is 4.50. The van der Waals surface area contributed by atoms with Crippen molar-refractivity contribution in [2.24, 2.45) is 0 Å². The molecule has 0 bridgehead atoms. The highest BCUT2D eigenvalue weighted by Gasteiger charge is 2.16. The van der Waals surface area contributed by atoms with Gasteiger partial charge < -0.3 is 5.32 Å². The zero-order valence-electron chi connectivity index (χ0n) is 11.7. The summed E-state index contributed by atoms with van der Waals surface area (Å²) in [7, 11) is 0. The lowest BCUT2D eigenvalue weighted by Gasteiger charge is -2.19. The summed E-state index contributed by atoms with van der Waals surface area (Å²) in [6, 6.07) is 7.12. The topological polar surface area (TPSA) is 24.9 Å². The number of rotatable bonds is 6. The van der Waals surface area contributed by atoms with Gasteiger partial charge in [-0.2, -0.15) is 0 Å². The molecule has 0 radical (unpaired) electrons. The molecular formula is C16H17BrClFN2. The number of pyridine rings is 1. The fourth-order valence-electron chi connectivity index (χ4n) is 2.17. The molecule has 2 nitrogen and oxygen atoms in total. The van der Waals surface area contributed by atoms with Crippen molar-refractivity contribution in [2.75, 3.05) is 6.54 Å². The van der Waals surface area contributed by atoms with Crippen molar-refractivity contribution in [3.8, 4) is 0 Å². The van der Waals surface area contributed by atoms with E-state index in [1.165, 1.54) is 0 Å². The number of aromatic nitrogens is 1. The minimum absolute atomic E-state index is 0.00270. The number of nitrogens with one attached hydrogen (secondary N) is 1. The summed E-state index contributed by atoms with van der Waals surface area (Å²) in [5.41, 5.74) is 1.63. The maximum absolute atomic E-state index is 14.1. The SMILES string of the molecule is CCCNC(Cc1cccc(Cl)c1F)c1cncc(Br)c1. The van der Waals surface area contributed by atoms with Crippen LogP contribution in [0.4, 0.5) is 4.39 Å². The van der Waals surface area contributed by atoms with Crippen LogP contribution in [0.15, 0.2) is 41.1 Å². The molecule has 0 saturated heterocycles. The molecule has 112 valence electrons. The van der Waals surface area contributed by atoms with E-state index >= 15 is 0 Å². The first-order valence-corrected chi connectivity index (χ1v) is 8.05. The van der Waals surface area contributed by atoms with Crippen LogP contribution in [0.5, 0.6) is 0 Å². The lowest BCUT2D eigenvalue weighted by atomic mass is 9.99. The molecule has 1 atom stereocenters. The Morgan fingerprint density at radius 1 is 1.38 bits per heavy atom. The van der Waals surface area contributed by atoms with E-state index in [0.717, 1.165) is 23.0 Å². The Morgan fingerprint density at radius 3 is 2.90 bits per heavy atom. The van der Waals surface area contributed by atoms with Crippen molar-refractivity contribution >= 4 is 27.5 Å². The normalized spacial score (nSPS) is 12.4. The fraction of sp³-hybridized carbons (Fsp3) is 0.312. The van der Waals surface area contributed by atoms with Crippen molar-refractivity contribution in [1.29, 1.82) is 0 Å². The molecule has 2 aromatic rings. The van der Waals surface area contributed by atoms with E-state index in [0.29, 0.717) is 12.0 Å². The van der Waals surface area contributed by atoms with E-state index in [4.69, 9.17) is 11.6 Å². The van der Waals surface area contributed by atoms with Crippen molar-refractivity contribution in [3.05, 3.63) is 63.1 Å². The van der Waals surface area contributed by atoms with Gasteiger partial charge in [-0.1, -0.05) is 30.7 Å². The zero-order chi connectivity index (χ0) is 15.2. The summed E-state index contributed by atoms with van der Waals surface area (Å²) in [4.78, 5) is 4.19. The van der Waals surface area contributed by atoms with Crippen LogP contribution in [0.25, 0.3) is 0 Å². The van der Waals surface area contributed by atoms with Gasteiger partial charge in [0.2, 0.25) is 0 Å². The molecule has 0 aliphatic heterocycles. The van der Waals surface area contributed by atoms with E-state index in [9.17, 15) is 4.39 Å². The van der Waals surface area contributed by atoms with Gasteiger partial charge in [-0.3, -0.25) is 4.98 Å². The first-order chi connectivity index (χ1) is 10.1. The molecule has 21 heavy (non-hydrogen) atoms. The van der Waals surface area contributed by atoms with Gasteiger partial charge in [-0.25, -0.2) is 4.39 Å². The monoisotopic (exact) mass is 370 g/mol. The molecule has 1 N–H and O–H groups in total. The van der Waals surface area contributed by atoms with E-state index in [1.807, 2.05) is 6.07 Å². The lowest BCUT2D eigenvalue weighted by Crippen LogP contribution is -2.24. The molecular weight excluding hydrogens is 355 g/mol. The Bertz CT molecular complexity index is 607. The third-order valence-electron chi connectivity index (χ3n) is 3.22. The standard InChI is InChI=1S/C16H17BrClFN2/c1-2-6-21-15(12-7-13(17)10-20-9-12)8-11-4-3-5-14(18)16(11)19/h3-5,7,9-10,15,21H,2,6,8H2,1H3. The van der Waals surface area contributed by atoms with Crippen LogP contribution in [-0.4, -0.2) is 11.5 Å². The summed E-state index contributed by atoms with van der Waals surface area (Å²) in [5.74, 6) is -0.342. The Kier molecular flexibility index (Phi) is 6.15. The molecule has 1 aromatic heterocycles. The number of halogens is 3. The molecule has 0 saturated carbocycles. The van der Waals surface area contributed by atoms with Crippen molar-refractivity contribution in [2.45, 2.75) is 25.8 Å². The molecule has 1 aromatic carbocycles. The predicted molar refractivity (Wildman–Crippen MR) is 88.1 cm³/mol. The highest BCUT2D eigenvalue weighted by Crippen LogP contribution is 2.25. The van der Waals surface area contributed by atoms with Crippen LogP contribution in [0.2, 0.25) is 5.02 Å². The second-order valence-electron chi connectivity index (χ2n) is 4.86. The van der Waals surface area contributed by atoms with Crippen LogP contribution in [-0.2, 0) is 6.42 Å².